The van der Waals surface area contributed by atoms with E-state index < -0.39 is 23.2 Å². The molecule has 0 spiro atoms. The van der Waals surface area contributed by atoms with Gasteiger partial charge in [-0.3, -0.25) is 4.79 Å². The zero-order chi connectivity index (χ0) is 14.8. The van der Waals surface area contributed by atoms with Crippen LogP contribution in [-0.4, -0.2) is 10.9 Å². The van der Waals surface area contributed by atoms with Crippen molar-refractivity contribution in [3.63, 3.8) is 0 Å². The van der Waals surface area contributed by atoms with Crippen LogP contribution in [0.2, 0.25) is 5.02 Å². The van der Waals surface area contributed by atoms with E-state index in [0.717, 1.165) is 12.1 Å². The molecule has 1 aromatic heterocycles. The van der Waals surface area contributed by atoms with Crippen LogP contribution in [0.3, 0.4) is 0 Å². The summed E-state index contributed by atoms with van der Waals surface area (Å²) in [5, 5.41) is 2.60. The number of hydrogen-bond acceptors (Lipinski definition) is 2. The van der Waals surface area contributed by atoms with Crippen LogP contribution in [0.25, 0.3) is 0 Å². The topological polar surface area (TPSA) is 42.0 Å². The van der Waals surface area contributed by atoms with Crippen LogP contribution >= 0.6 is 11.6 Å². The summed E-state index contributed by atoms with van der Waals surface area (Å²) in [5.74, 6) is -0.813. The van der Waals surface area contributed by atoms with Crippen molar-refractivity contribution >= 4 is 23.3 Å². The highest BCUT2D eigenvalue weighted by Crippen LogP contribution is 2.32. The first-order valence-corrected chi connectivity index (χ1v) is 5.85. The Balaban J connectivity index is 2.31. The van der Waals surface area contributed by atoms with E-state index in [-0.39, 0.29) is 5.82 Å². The minimum Gasteiger partial charge on any atom is -0.307 e. The lowest BCUT2D eigenvalue weighted by Gasteiger charge is -2.12. The van der Waals surface area contributed by atoms with Gasteiger partial charge in [-0.2, -0.15) is 13.2 Å². The lowest BCUT2D eigenvalue weighted by Crippen LogP contribution is -2.19. The molecule has 0 aliphatic heterocycles. The zero-order valence-corrected chi connectivity index (χ0v) is 10.7. The molecule has 0 fully saturated rings. The number of carbonyl (C=O) groups is 1. The fourth-order valence-electron chi connectivity index (χ4n) is 1.59. The Kier molecular flexibility index (Phi) is 3.94. The molecule has 2 rings (SSSR count). The Labute approximate surface area is 117 Å². The summed E-state index contributed by atoms with van der Waals surface area (Å²) in [5.41, 5.74) is -1.47. The standard InChI is InChI=1S/C13H8ClF3N2O/c14-8-5-6-18-11(7-8)19-12(20)9-3-1-2-4-10(9)13(15,16)17/h1-7H,(H,18,19,20). The van der Waals surface area contributed by atoms with Gasteiger partial charge in [-0.05, 0) is 24.3 Å². The molecule has 1 aromatic carbocycles. The van der Waals surface area contributed by atoms with Gasteiger partial charge in [0.2, 0.25) is 0 Å². The van der Waals surface area contributed by atoms with Gasteiger partial charge in [-0.15, -0.1) is 0 Å². The molecule has 1 heterocycles. The predicted molar refractivity (Wildman–Crippen MR) is 68.6 cm³/mol. The summed E-state index contributed by atoms with van der Waals surface area (Å²) >= 11 is 5.71. The summed E-state index contributed by atoms with van der Waals surface area (Å²) in [4.78, 5) is 15.7. The lowest BCUT2D eigenvalue weighted by atomic mass is 10.1. The van der Waals surface area contributed by atoms with Crippen molar-refractivity contribution in [2.24, 2.45) is 0 Å². The van der Waals surface area contributed by atoms with Gasteiger partial charge in [0.05, 0.1) is 11.1 Å². The lowest BCUT2D eigenvalue weighted by molar-refractivity contribution is -0.137. The number of anilines is 1. The molecular weight excluding hydrogens is 293 g/mol. The van der Waals surface area contributed by atoms with Gasteiger partial charge < -0.3 is 5.32 Å². The molecule has 0 atom stereocenters. The molecule has 1 N–H and O–H groups in total. The van der Waals surface area contributed by atoms with Gasteiger partial charge in [0.15, 0.2) is 0 Å². The van der Waals surface area contributed by atoms with E-state index in [2.05, 4.69) is 10.3 Å². The first-order valence-electron chi connectivity index (χ1n) is 5.47. The fourth-order valence-corrected chi connectivity index (χ4v) is 1.74. The van der Waals surface area contributed by atoms with Gasteiger partial charge >= 0.3 is 6.18 Å². The number of carbonyl (C=O) groups excluding carboxylic acids is 1. The molecule has 0 radical (unpaired) electrons. The SMILES string of the molecule is O=C(Nc1cc(Cl)ccn1)c1ccccc1C(F)(F)F. The number of alkyl halides is 3. The second-order valence-electron chi connectivity index (χ2n) is 3.86. The van der Waals surface area contributed by atoms with Crippen LogP contribution < -0.4 is 5.32 Å². The normalized spacial score (nSPS) is 11.2. The summed E-state index contributed by atoms with van der Waals surface area (Å²) in [6, 6.07) is 7.35. The Morgan fingerprint density at radius 2 is 1.90 bits per heavy atom. The van der Waals surface area contributed by atoms with E-state index in [9.17, 15) is 18.0 Å². The minimum absolute atomic E-state index is 0.0828. The first-order chi connectivity index (χ1) is 9.38. The summed E-state index contributed by atoms with van der Waals surface area (Å²) in [6.45, 7) is 0. The van der Waals surface area contributed by atoms with Crippen molar-refractivity contribution in [2.45, 2.75) is 6.18 Å². The fraction of sp³-hybridized carbons (Fsp3) is 0.0769. The third-order valence-corrected chi connectivity index (χ3v) is 2.68. The number of nitrogens with one attached hydrogen (secondary N) is 1. The molecule has 0 bridgehead atoms. The third-order valence-electron chi connectivity index (χ3n) is 2.44. The molecule has 0 aliphatic rings. The van der Waals surface area contributed by atoms with E-state index in [1.165, 1.54) is 30.5 Å². The first kappa shape index (κ1) is 14.3. The van der Waals surface area contributed by atoms with Crippen molar-refractivity contribution in [1.29, 1.82) is 0 Å². The maximum atomic E-state index is 12.8. The van der Waals surface area contributed by atoms with Gasteiger partial charge in [-0.25, -0.2) is 4.98 Å². The average Bonchev–Trinajstić information content (AvgIpc) is 2.37. The molecule has 20 heavy (non-hydrogen) atoms. The molecule has 0 aliphatic carbocycles. The van der Waals surface area contributed by atoms with E-state index in [0.29, 0.717) is 5.02 Å². The minimum atomic E-state index is -4.60. The van der Waals surface area contributed by atoms with Crippen molar-refractivity contribution in [3.8, 4) is 0 Å². The van der Waals surface area contributed by atoms with Crippen LogP contribution in [-0.2, 0) is 6.18 Å². The highest BCUT2D eigenvalue weighted by atomic mass is 35.5. The molecule has 104 valence electrons. The van der Waals surface area contributed by atoms with Gasteiger partial charge in [-0.1, -0.05) is 23.7 Å². The molecule has 2 aromatic rings. The Morgan fingerprint density at radius 1 is 1.20 bits per heavy atom. The summed E-state index contributed by atoms with van der Waals surface area (Å²) < 4.78 is 38.4. The van der Waals surface area contributed by atoms with Crippen molar-refractivity contribution < 1.29 is 18.0 Å². The number of pyridine rings is 1. The van der Waals surface area contributed by atoms with Gasteiger partial charge in [0.25, 0.3) is 5.91 Å². The number of hydrogen-bond donors (Lipinski definition) is 1. The second kappa shape index (κ2) is 5.50. The Morgan fingerprint density at radius 3 is 2.55 bits per heavy atom. The second-order valence-corrected chi connectivity index (χ2v) is 4.29. The number of halogens is 4. The average molecular weight is 301 g/mol. The Hall–Kier alpha value is -2.08. The maximum Gasteiger partial charge on any atom is 0.417 e. The Bertz CT molecular complexity index is 644. The van der Waals surface area contributed by atoms with E-state index in [1.807, 2.05) is 0 Å². The molecule has 0 unspecified atom stereocenters. The molecule has 0 saturated heterocycles. The van der Waals surface area contributed by atoms with Gasteiger partial charge in [0.1, 0.15) is 5.82 Å². The molecule has 7 heteroatoms. The number of nitrogens with zero attached hydrogens (tertiary/aromatic N) is 1. The van der Waals surface area contributed by atoms with Crippen LogP contribution in [0, 0.1) is 0 Å². The third kappa shape index (κ3) is 3.27. The zero-order valence-electron chi connectivity index (χ0n) is 9.91. The molecule has 1 amide bonds. The van der Waals surface area contributed by atoms with Crippen LogP contribution in [0.4, 0.5) is 19.0 Å². The van der Waals surface area contributed by atoms with Crippen LogP contribution in [0.15, 0.2) is 42.6 Å². The van der Waals surface area contributed by atoms with Crippen LogP contribution in [0.5, 0.6) is 0 Å². The molecular formula is C13H8ClF3N2O. The smallest absolute Gasteiger partial charge is 0.307 e. The van der Waals surface area contributed by atoms with E-state index >= 15 is 0 Å². The quantitative estimate of drug-likeness (QED) is 0.910. The molecule has 3 nitrogen and oxygen atoms in total. The van der Waals surface area contributed by atoms with Crippen LogP contribution in [0.1, 0.15) is 15.9 Å². The van der Waals surface area contributed by atoms with Crippen molar-refractivity contribution in [1.82, 2.24) is 4.98 Å². The molecule has 0 saturated carbocycles. The van der Waals surface area contributed by atoms with Gasteiger partial charge in [0, 0.05) is 11.2 Å². The van der Waals surface area contributed by atoms with Crippen molar-refractivity contribution in [3.05, 3.63) is 58.7 Å². The highest BCUT2D eigenvalue weighted by Gasteiger charge is 2.34. The number of rotatable bonds is 2. The van der Waals surface area contributed by atoms with E-state index in [4.69, 9.17) is 11.6 Å². The van der Waals surface area contributed by atoms with Crippen molar-refractivity contribution in [2.75, 3.05) is 5.32 Å². The number of aromatic nitrogens is 1. The van der Waals surface area contributed by atoms with E-state index in [1.54, 1.807) is 0 Å². The number of benzene rings is 1. The largest absolute Gasteiger partial charge is 0.417 e. The highest BCUT2D eigenvalue weighted by molar-refractivity contribution is 6.30. The monoisotopic (exact) mass is 300 g/mol. The predicted octanol–water partition coefficient (Wildman–Crippen LogP) is 4.01. The number of amides is 1. The summed E-state index contributed by atoms with van der Waals surface area (Å²) in [6.07, 6.45) is -3.26. The maximum absolute atomic E-state index is 12.8. The summed E-state index contributed by atoms with van der Waals surface area (Å²) in [7, 11) is 0.